The van der Waals surface area contributed by atoms with Gasteiger partial charge < -0.3 is 15.4 Å². The fraction of sp³-hybridized carbons (Fsp3) is 0.524. The van der Waals surface area contributed by atoms with E-state index in [1.165, 1.54) is 5.56 Å². The third-order valence-corrected chi connectivity index (χ3v) is 4.69. The second-order valence-corrected chi connectivity index (χ2v) is 7.54. The molecule has 1 amide bonds. The lowest BCUT2D eigenvalue weighted by molar-refractivity contribution is 0.0947. The maximum atomic E-state index is 12.3. The van der Waals surface area contributed by atoms with Crippen LogP contribution in [0.4, 0.5) is 0 Å². The Kier molecular flexibility index (Phi) is 6.87. The van der Waals surface area contributed by atoms with E-state index in [2.05, 4.69) is 29.6 Å². The number of amides is 1. The topological polar surface area (TPSA) is 68.2 Å². The third kappa shape index (κ3) is 5.82. The largest absolute Gasteiger partial charge is 0.493 e. The summed E-state index contributed by atoms with van der Waals surface area (Å²) < 4.78 is 7.60. The highest BCUT2D eigenvalue weighted by molar-refractivity contribution is 5.92. The maximum Gasteiger partial charge on any atom is 0.271 e. The van der Waals surface area contributed by atoms with Crippen molar-refractivity contribution in [2.24, 2.45) is 5.92 Å². The van der Waals surface area contributed by atoms with Crippen molar-refractivity contribution in [3.63, 3.8) is 0 Å². The molecule has 6 nitrogen and oxygen atoms in total. The van der Waals surface area contributed by atoms with Crippen molar-refractivity contribution in [3.05, 3.63) is 47.8 Å². The van der Waals surface area contributed by atoms with Crippen LogP contribution in [0.5, 0.6) is 5.75 Å². The highest BCUT2D eigenvalue weighted by atomic mass is 16.5. The second-order valence-electron chi connectivity index (χ2n) is 7.54. The zero-order valence-electron chi connectivity index (χ0n) is 16.3. The predicted molar refractivity (Wildman–Crippen MR) is 106 cm³/mol. The summed E-state index contributed by atoms with van der Waals surface area (Å²) in [6.45, 7) is 7.55. The van der Waals surface area contributed by atoms with Gasteiger partial charge in [-0.1, -0.05) is 26.0 Å². The van der Waals surface area contributed by atoms with Crippen molar-refractivity contribution >= 4 is 5.91 Å². The standard InChI is InChI=1S/C21H30N4O2/c1-16(2)15-27-19-7-5-17(6-8-19)9-12-23-21(26)20-10-13-25(24-20)18-4-3-11-22-14-18/h5-8,10,13,16,18,22H,3-4,9,11-12,14-15H2,1-2H3,(H,23,26). The average molecular weight is 370 g/mol. The van der Waals surface area contributed by atoms with Gasteiger partial charge >= 0.3 is 0 Å². The number of hydrogen-bond acceptors (Lipinski definition) is 4. The molecule has 1 aromatic carbocycles. The lowest BCUT2D eigenvalue weighted by Gasteiger charge is -2.22. The maximum absolute atomic E-state index is 12.3. The van der Waals surface area contributed by atoms with Crippen molar-refractivity contribution < 1.29 is 9.53 Å². The fourth-order valence-electron chi connectivity index (χ4n) is 3.15. The molecule has 1 aliphatic rings. The van der Waals surface area contributed by atoms with E-state index in [-0.39, 0.29) is 5.91 Å². The molecule has 1 fully saturated rings. The minimum absolute atomic E-state index is 0.116. The van der Waals surface area contributed by atoms with Crippen molar-refractivity contribution in [3.8, 4) is 5.75 Å². The van der Waals surface area contributed by atoms with Crippen LogP contribution in [-0.2, 0) is 6.42 Å². The molecule has 3 rings (SSSR count). The van der Waals surface area contributed by atoms with E-state index in [1.807, 2.05) is 35.1 Å². The molecule has 6 heteroatoms. The highest BCUT2D eigenvalue weighted by Crippen LogP contribution is 2.16. The van der Waals surface area contributed by atoms with Crippen LogP contribution in [0.3, 0.4) is 0 Å². The van der Waals surface area contributed by atoms with Gasteiger partial charge in [-0.25, -0.2) is 0 Å². The van der Waals surface area contributed by atoms with E-state index >= 15 is 0 Å². The predicted octanol–water partition coefficient (Wildman–Crippen LogP) is 2.81. The molecule has 2 aromatic rings. The number of ether oxygens (including phenoxy) is 1. The number of nitrogens with one attached hydrogen (secondary N) is 2. The van der Waals surface area contributed by atoms with Crippen molar-refractivity contribution in [1.82, 2.24) is 20.4 Å². The molecule has 27 heavy (non-hydrogen) atoms. The molecule has 1 aromatic heterocycles. The minimum Gasteiger partial charge on any atom is -0.493 e. The Morgan fingerprint density at radius 2 is 2.15 bits per heavy atom. The molecule has 0 bridgehead atoms. The summed E-state index contributed by atoms with van der Waals surface area (Å²) in [7, 11) is 0. The summed E-state index contributed by atoms with van der Waals surface area (Å²) in [5.41, 5.74) is 1.66. The first-order chi connectivity index (χ1) is 13.1. The number of carbonyl (C=O) groups is 1. The Balaban J connectivity index is 1.43. The Morgan fingerprint density at radius 1 is 1.33 bits per heavy atom. The zero-order chi connectivity index (χ0) is 19.1. The molecule has 0 saturated carbocycles. The van der Waals surface area contributed by atoms with E-state index < -0.39 is 0 Å². The minimum atomic E-state index is -0.116. The molecular formula is C21H30N4O2. The van der Waals surface area contributed by atoms with Crippen LogP contribution in [0.15, 0.2) is 36.5 Å². The van der Waals surface area contributed by atoms with E-state index in [1.54, 1.807) is 6.07 Å². The smallest absolute Gasteiger partial charge is 0.271 e. The number of benzene rings is 1. The monoisotopic (exact) mass is 370 g/mol. The van der Waals surface area contributed by atoms with Crippen LogP contribution >= 0.6 is 0 Å². The number of nitrogens with zero attached hydrogens (tertiary/aromatic N) is 2. The number of carbonyl (C=O) groups excluding carboxylic acids is 1. The van der Waals surface area contributed by atoms with Gasteiger partial charge in [-0.15, -0.1) is 0 Å². The van der Waals surface area contributed by atoms with E-state index in [9.17, 15) is 4.79 Å². The molecule has 1 aliphatic heterocycles. The van der Waals surface area contributed by atoms with Gasteiger partial charge in [0, 0.05) is 19.3 Å². The Hall–Kier alpha value is -2.34. The molecule has 1 saturated heterocycles. The Labute approximate surface area is 161 Å². The van der Waals surface area contributed by atoms with Gasteiger partial charge in [-0.05, 0) is 55.5 Å². The number of piperidine rings is 1. The molecule has 0 aliphatic carbocycles. The van der Waals surface area contributed by atoms with Gasteiger partial charge in [0.05, 0.1) is 12.6 Å². The number of aromatic nitrogens is 2. The Bertz CT molecular complexity index is 718. The molecule has 2 heterocycles. The fourth-order valence-corrected chi connectivity index (χ4v) is 3.15. The summed E-state index contributed by atoms with van der Waals surface area (Å²) in [4.78, 5) is 12.3. The molecule has 2 N–H and O–H groups in total. The molecule has 0 radical (unpaired) electrons. The molecule has 0 spiro atoms. The first kappa shape index (κ1) is 19.4. The summed E-state index contributed by atoms with van der Waals surface area (Å²) in [5.74, 6) is 1.28. The van der Waals surface area contributed by atoms with E-state index in [4.69, 9.17) is 4.74 Å². The van der Waals surface area contributed by atoms with Crippen LogP contribution in [0.1, 0.15) is 48.8 Å². The lowest BCUT2D eigenvalue weighted by atomic mass is 10.1. The zero-order valence-corrected chi connectivity index (χ0v) is 16.3. The summed E-state index contributed by atoms with van der Waals surface area (Å²) >= 11 is 0. The number of rotatable bonds is 8. The third-order valence-electron chi connectivity index (χ3n) is 4.69. The van der Waals surface area contributed by atoms with Crippen molar-refractivity contribution in [2.75, 3.05) is 26.2 Å². The average Bonchev–Trinajstić information content (AvgIpc) is 3.18. The molecular weight excluding hydrogens is 340 g/mol. The van der Waals surface area contributed by atoms with Crippen LogP contribution < -0.4 is 15.4 Å². The first-order valence-corrected chi connectivity index (χ1v) is 9.87. The van der Waals surface area contributed by atoms with Crippen LogP contribution in [0.25, 0.3) is 0 Å². The second kappa shape index (κ2) is 9.55. The van der Waals surface area contributed by atoms with Gasteiger partial charge in [0.25, 0.3) is 5.91 Å². The summed E-state index contributed by atoms with van der Waals surface area (Å²) in [6.07, 6.45) is 4.94. The van der Waals surface area contributed by atoms with Gasteiger partial charge in [0.1, 0.15) is 11.4 Å². The van der Waals surface area contributed by atoms with Crippen molar-refractivity contribution in [2.45, 2.75) is 39.2 Å². The SMILES string of the molecule is CC(C)COc1ccc(CCNC(=O)c2ccn(C3CCCNC3)n2)cc1. The quantitative estimate of drug-likeness (QED) is 0.750. The van der Waals surface area contributed by atoms with Gasteiger partial charge in [-0.3, -0.25) is 9.48 Å². The Morgan fingerprint density at radius 3 is 2.85 bits per heavy atom. The van der Waals surface area contributed by atoms with E-state index in [0.29, 0.717) is 24.2 Å². The van der Waals surface area contributed by atoms with E-state index in [0.717, 1.165) is 44.7 Å². The van der Waals surface area contributed by atoms with Gasteiger partial charge in [0.2, 0.25) is 0 Å². The number of hydrogen-bond donors (Lipinski definition) is 2. The lowest BCUT2D eigenvalue weighted by Crippen LogP contribution is -2.32. The molecule has 146 valence electrons. The first-order valence-electron chi connectivity index (χ1n) is 9.87. The van der Waals surface area contributed by atoms with Gasteiger partial charge in [-0.2, -0.15) is 5.10 Å². The van der Waals surface area contributed by atoms with Gasteiger partial charge in [0.15, 0.2) is 0 Å². The normalized spacial score (nSPS) is 17.1. The van der Waals surface area contributed by atoms with Crippen LogP contribution in [0, 0.1) is 5.92 Å². The summed E-state index contributed by atoms with van der Waals surface area (Å²) in [5, 5.41) is 10.8. The van der Waals surface area contributed by atoms with Crippen molar-refractivity contribution in [1.29, 1.82) is 0 Å². The summed E-state index contributed by atoms with van der Waals surface area (Å²) in [6, 6.07) is 10.2. The molecule has 1 atom stereocenters. The molecule has 1 unspecified atom stereocenters. The van der Waals surface area contributed by atoms with Crippen LogP contribution in [-0.4, -0.2) is 41.9 Å². The highest BCUT2D eigenvalue weighted by Gasteiger charge is 2.17. The van der Waals surface area contributed by atoms with Crippen LogP contribution in [0.2, 0.25) is 0 Å².